The molecule has 2 unspecified atom stereocenters. The molecule has 2 rings (SSSR count). The smallest absolute Gasteiger partial charge is 0.122 e. The van der Waals surface area contributed by atoms with Gasteiger partial charge in [0.05, 0.1) is 6.04 Å². The van der Waals surface area contributed by atoms with Crippen LogP contribution >= 0.6 is 0 Å². The van der Waals surface area contributed by atoms with Crippen LogP contribution in [0.15, 0.2) is 16.5 Å². The Bertz CT molecular complexity index is 319. The molecule has 1 saturated heterocycles. The van der Waals surface area contributed by atoms with Gasteiger partial charge in [0.15, 0.2) is 0 Å². The molecule has 0 aromatic carbocycles. The largest absolute Gasteiger partial charge is 0.465 e. The van der Waals surface area contributed by atoms with Crippen molar-refractivity contribution in [3.05, 3.63) is 23.7 Å². The van der Waals surface area contributed by atoms with Gasteiger partial charge in [-0.1, -0.05) is 6.92 Å². The number of furan rings is 1. The van der Waals surface area contributed by atoms with Gasteiger partial charge in [-0.25, -0.2) is 0 Å². The number of aryl methyl sites for hydroxylation is 1. The Kier molecular flexibility index (Phi) is 3.12. The van der Waals surface area contributed by atoms with Gasteiger partial charge in [0.25, 0.3) is 0 Å². The van der Waals surface area contributed by atoms with Gasteiger partial charge >= 0.3 is 0 Å². The minimum atomic E-state index is 0.224. The first-order valence-corrected chi connectivity index (χ1v) is 5.78. The van der Waals surface area contributed by atoms with Gasteiger partial charge in [-0.3, -0.25) is 4.90 Å². The number of rotatable bonds is 3. The predicted molar refractivity (Wildman–Crippen MR) is 60.6 cm³/mol. The summed E-state index contributed by atoms with van der Waals surface area (Å²) in [4.78, 5) is 2.43. The first-order valence-electron chi connectivity index (χ1n) is 5.78. The van der Waals surface area contributed by atoms with Crippen LogP contribution < -0.4 is 5.73 Å². The molecular weight excluding hydrogens is 188 g/mol. The van der Waals surface area contributed by atoms with Crippen LogP contribution in [0.25, 0.3) is 0 Å². The number of hydrogen-bond acceptors (Lipinski definition) is 3. The summed E-state index contributed by atoms with van der Waals surface area (Å²) in [6.45, 7) is 6.39. The summed E-state index contributed by atoms with van der Waals surface area (Å²) < 4.78 is 5.69. The second kappa shape index (κ2) is 4.37. The topological polar surface area (TPSA) is 42.4 Å². The van der Waals surface area contributed by atoms with E-state index >= 15 is 0 Å². The first kappa shape index (κ1) is 10.7. The lowest BCUT2D eigenvalue weighted by Crippen LogP contribution is -2.31. The molecule has 1 aromatic heterocycles. The molecule has 2 atom stereocenters. The average molecular weight is 208 g/mol. The van der Waals surface area contributed by atoms with Gasteiger partial charge in [-0.15, -0.1) is 0 Å². The Morgan fingerprint density at radius 2 is 2.33 bits per heavy atom. The van der Waals surface area contributed by atoms with Gasteiger partial charge < -0.3 is 10.2 Å². The molecule has 0 spiro atoms. The third-order valence-electron chi connectivity index (χ3n) is 3.11. The van der Waals surface area contributed by atoms with Crippen molar-refractivity contribution >= 4 is 0 Å². The minimum Gasteiger partial charge on any atom is -0.465 e. The summed E-state index contributed by atoms with van der Waals surface area (Å²) in [5, 5.41) is 0. The Balaban J connectivity index is 2.17. The molecule has 0 radical (unpaired) electrons. The number of nitrogens with zero attached hydrogens (tertiary/aromatic N) is 1. The Hall–Kier alpha value is -0.800. The molecule has 0 aliphatic carbocycles. The van der Waals surface area contributed by atoms with E-state index in [1.165, 1.54) is 6.42 Å². The zero-order chi connectivity index (χ0) is 10.8. The zero-order valence-corrected chi connectivity index (χ0v) is 9.57. The van der Waals surface area contributed by atoms with Crippen molar-refractivity contribution in [3.8, 4) is 0 Å². The Morgan fingerprint density at radius 3 is 2.93 bits per heavy atom. The van der Waals surface area contributed by atoms with Crippen molar-refractivity contribution in [1.29, 1.82) is 0 Å². The third kappa shape index (κ3) is 2.08. The Labute approximate surface area is 91.2 Å². The van der Waals surface area contributed by atoms with Crippen molar-refractivity contribution in [2.75, 3.05) is 13.1 Å². The molecule has 1 aromatic rings. The van der Waals surface area contributed by atoms with Gasteiger partial charge in [0.2, 0.25) is 0 Å². The molecule has 1 aliphatic heterocycles. The standard InChI is InChI=1S/C12H20N2O/c1-3-7-14-8-6-10(13)12(14)11-5-4-9(2)15-11/h4-5,10,12H,3,6-8,13H2,1-2H3. The molecule has 3 nitrogen and oxygen atoms in total. The van der Waals surface area contributed by atoms with E-state index in [0.29, 0.717) is 6.04 Å². The van der Waals surface area contributed by atoms with Crippen LogP contribution in [-0.4, -0.2) is 24.0 Å². The normalized spacial score (nSPS) is 27.4. The van der Waals surface area contributed by atoms with Crippen molar-refractivity contribution in [2.24, 2.45) is 5.73 Å². The molecule has 2 heterocycles. The lowest BCUT2D eigenvalue weighted by Gasteiger charge is -2.24. The maximum atomic E-state index is 6.14. The lowest BCUT2D eigenvalue weighted by molar-refractivity contribution is 0.217. The van der Waals surface area contributed by atoms with Crippen molar-refractivity contribution in [3.63, 3.8) is 0 Å². The average Bonchev–Trinajstić information content (AvgIpc) is 2.74. The lowest BCUT2D eigenvalue weighted by atomic mass is 10.1. The highest BCUT2D eigenvalue weighted by molar-refractivity contribution is 5.13. The predicted octanol–water partition coefficient (Wildman–Crippen LogP) is 2.07. The molecular formula is C12H20N2O. The summed E-state index contributed by atoms with van der Waals surface area (Å²) in [7, 11) is 0. The van der Waals surface area contributed by atoms with Gasteiger partial charge in [-0.05, 0) is 38.4 Å². The van der Waals surface area contributed by atoms with Crippen LogP contribution in [0.4, 0.5) is 0 Å². The van der Waals surface area contributed by atoms with Crippen molar-refractivity contribution in [1.82, 2.24) is 4.90 Å². The van der Waals surface area contributed by atoms with Crippen LogP contribution in [-0.2, 0) is 0 Å². The Morgan fingerprint density at radius 1 is 1.53 bits per heavy atom. The second-order valence-electron chi connectivity index (χ2n) is 4.38. The minimum absolute atomic E-state index is 0.224. The van der Waals surface area contributed by atoms with E-state index in [4.69, 9.17) is 10.2 Å². The molecule has 2 N–H and O–H groups in total. The highest BCUT2D eigenvalue weighted by Crippen LogP contribution is 2.32. The molecule has 0 bridgehead atoms. The van der Waals surface area contributed by atoms with E-state index in [9.17, 15) is 0 Å². The van der Waals surface area contributed by atoms with Crippen LogP contribution in [0.2, 0.25) is 0 Å². The summed E-state index contributed by atoms with van der Waals surface area (Å²) in [5.74, 6) is 2.01. The van der Waals surface area contributed by atoms with Crippen molar-refractivity contribution in [2.45, 2.75) is 38.8 Å². The highest BCUT2D eigenvalue weighted by atomic mass is 16.3. The molecule has 84 valence electrons. The maximum absolute atomic E-state index is 6.14. The van der Waals surface area contributed by atoms with E-state index in [2.05, 4.69) is 17.9 Å². The van der Waals surface area contributed by atoms with Gasteiger partial charge in [-0.2, -0.15) is 0 Å². The molecule has 3 heteroatoms. The van der Waals surface area contributed by atoms with Crippen LogP contribution in [0.1, 0.15) is 37.3 Å². The monoisotopic (exact) mass is 208 g/mol. The summed E-state index contributed by atoms with van der Waals surface area (Å²) in [6.07, 6.45) is 2.24. The van der Waals surface area contributed by atoms with Gasteiger partial charge in [0.1, 0.15) is 11.5 Å². The highest BCUT2D eigenvalue weighted by Gasteiger charge is 2.34. The molecule has 1 aliphatic rings. The fourth-order valence-electron chi connectivity index (χ4n) is 2.42. The first-order chi connectivity index (χ1) is 7.22. The molecule has 0 amide bonds. The van der Waals surface area contributed by atoms with E-state index in [1.807, 2.05) is 13.0 Å². The van der Waals surface area contributed by atoms with Crippen LogP contribution in [0.3, 0.4) is 0 Å². The second-order valence-corrected chi connectivity index (χ2v) is 4.38. The quantitative estimate of drug-likeness (QED) is 0.827. The van der Waals surface area contributed by atoms with Crippen LogP contribution in [0.5, 0.6) is 0 Å². The SMILES string of the molecule is CCCN1CCC(N)C1c1ccc(C)o1. The number of hydrogen-bond donors (Lipinski definition) is 1. The number of nitrogens with two attached hydrogens (primary N) is 1. The van der Waals surface area contributed by atoms with E-state index in [1.54, 1.807) is 0 Å². The summed E-state index contributed by atoms with van der Waals surface area (Å²) in [5.41, 5.74) is 6.14. The van der Waals surface area contributed by atoms with E-state index < -0.39 is 0 Å². The molecule has 1 fully saturated rings. The fraction of sp³-hybridized carbons (Fsp3) is 0.667. The van der Waals surface area contributed by atoms with E-state index in [0.717, 1.165) is 31.0 Å². The summed E-state index contributed by atoms with van der Waals surface area (Å²) in [6, 6.07) is 4.60. The zero-order valence-electron chi connectivity index (χ0n) is 9.57. The van der Waals surface area contributed by atoms with Crippen LogP contribution in [0, 0.1) is 6.92 Å². The van der Waals surface area contributed by atoms with E-state index in [-0.39, 0.29) is 6.04 Å². The molecule has 0 saturated carbocycles. The maximum Gasteiger partial charge on any atom is 0.122 e. The third-order valence-corrected chi connectivity index (χ3v) is 3.11. The van der Waals surface area contributed by atoms with Crippen molar-refractivity contribution < 1.29 is 4.42 Å². The van der Waals surface area contributed by atoms with Gasteiger partial charge in [0, 0.05) is 12.6 Å². The summed E-state index contributed by atoms with van der Waals surface area (Å²) >= 11 is 0. The fourth-order valence-corrected chi connectivity index (χ4v) is 2.42. The number of likely N-dealkylation sites (tertiary alicyclic amines) is 1. The molecule has 15 heavy (non-hydrogen) atoms.